The quantitative estimate of drug-likeness (QED) is 0.167. The number of fused-ring (bicyclic) bond motifs is 6. The third-order valence-electron chi connectivity index (χ3n) is 9.64. The minimum Gasteiger partial charge on any atom is -0.436 e. The number of thiophene rings is 1. The summed E-state index contributed by atoms with van der Waals surface area (Å²) in [4.78, 5) is 9.86. The molecule has 52 heavy (non-hydrogen) atoms. The number of hydrogen-bond donors (Lipinski definition) is 0. The van der Waals surface area contributed by atoms with Crippen LogP contribution < -0.4 is 9.80 Å². The molecule has 0 unspecified atom stereocenters. The van der Waals surface area contributed by atoms with Gasteiger partial charge in [0.2, 0.25) is 5.89 Å². The summed E-state index contributed by atoms with van der Waals surface area (Å²) in [6, 6.07) is 66.0. The van der Waals surface area contributed by atoms with E-state index in [1.54, 1.807) is 0 Å². The zero-order valence-corrected chi connectivity index (χ0v) is 28.9. The highest BCUT2D eigenvalue weighted by Crippen LogP contribution is 2.48. The molecule has 10 aromatic rings. The van der Waals surface area contributed by atoms with Crippen LogP contribution in [0.4, 0.5) is 34.1 Å². The highest BCUT2D eigenvalue weighted by Gasteiger charge is 2.23. The lowest BCUT2D eigenvalue weighted by atomic mass is 10.0. The number of nitrogens with zero attached hydrogens (tertiary/aromatic N) is 3. The predicted molar refractivity (Wildman–Crippen MR) is 219 cm³/mol. The van der Waals surface area contributed by atoms with Crippen molar-refractivity contribution < 1.29 is 4.42 Å². The number of anilines is 6. The van der Waals surface area contributed by atoms with Crippen LogP contribution in [0.5, 0.6) is 0 Å². The Morgan fingerprint density at radius 2 is 1.00 bits per heavy atom. The second kappa shape index (κ2) is 12.6. The smallest absolute Gasteiger partial charge is 0.227 e. The Balaban J connectivity index is 1.26. The van der Waals surface area contributed by atoms with Gasteiger partial charge in [0, 0.05) is 60.6 Å². The number of oxazole rings is 1. The van der Waals surface area contributed by atoms with Crippen LogP contribution in [0.25, 0.3) is 53.5 Å². The summed E-state index contributed by atoms with van der Waals surface area (Å²) in [5.74, 6) is 0.598. The van der Waals surface area contributed by atoms with Gasteiger partial charge in [0.15, 0.2) is 5.58 Å². The summed E-state index contributed by atoms with van der Waals surface area (Å²) in [6.07, 6.45) is 0. The summed E-state index contributed by atoms with van der Waals surface area (Å²) in [6.45, 7) is 0. The van der Waals surface area contributed by atoms with E-state index in [1.165, 1.54) is 20.2 Å². The van der Waals surface area contributed by atoms with E-state index < -0.39 is 0 Å². The Morgan fingerprint density at radius 1 is 0.423 bits per heavy atom. The first-order chi connectivity index (χ1) is 25.8. The van der Waals surface area contributed by atoms with E-state index in [2.05, 4.69) is 168 Å². The van der Waals surface area contributed by atoms with Crippen molar-refractivity contribution in [1.82, 2.24) is 4.98 Å². The highest BCUT2D eigenvalue weighted by molar-refractivity contribution is 7.26. The van der Waals surface area contributed by atoms with Gasteiger partial charge in [-0.25, -0.2) is 4.98 Å². The SMILES string of the molecule is c1ccc(-c2nc3c(cc(N(c4ccccc4)c4ccccc4)c4ccc(N(c5ccccc5)c5cccc6c5sc5ccccc56)cc43)o2)cc1. The Bertz CT molecular complexity index is 2810. The normalized spacial score (nSPS) is 11.5. The van der Waals surface area contributed by atoms with Gasteiger partial charge in [-0.2, -0.15) is 0 Å². The summed E-state index contributed by atoms with van der Waals surface area (Å²) >= 11 is 1.84. The number of aromatic nitrogens is 1. The molecule has 0 spiro atoms. The van der Waals surface area contributed by atoms with E-state index in [1.807, 2.05) is 41.7 Å². The van der Waals surface area contributed by atoms with Gasteiger partial charge >= 0.3 is 0 Å². The van der Waals surface area contributed by atoms with Crippen LogP contribution in [0.3, 0.4) is 0 Å². The second-order valence-electron chi connectivity index (χ2n) is 12.8. The van der Waals surface area contributed by atoms with Crippen LogP contribution in [0.1, 0.15) is 0 Å². The molecule has 0 radical (unpaired) electrons. The summed E-state index contributed by atoms with van der Waals surface area (Å²) in [7, 11) is 0. The molecule has 0 bridgehead atoms. The Kier molecular flexibility index (Phi) is 7.29. The molecule has 0 N–H and O–H groups in total. The van der Waals surface area contributed by atoms with Crippen molar-refractivity contribution in [3.8, 4) is 11.5 Å². The molecule has 10 rings (SSSR count). The number of para-hydroxylation sites is 3. The van der Waals surface area contributed by atoms with E-state index in [0.29, 0.717) is 5.89 Å². The third-order valence-corrected chi connectivity index (χ3v) is 10.9. The summed E-state index contributed by atoms with van der Waals surface area (Å²) < 4.78 is 9.16. The monoisotopic (exact) mass is 685 g/mol. The van der Waals surface area contributed by atoms with Crippen LogP contribution in [-0.4, -0.2) is 4.98 Å². The van der Waals surface area contributed by atoms with Crippen molar-refractivity contribution in [2.24, 2.45) is 0 Å². The molecule has 2 heterocycles. The van der Waals surface area contributed by atoms with Crippen LogP contribution >= 0.6 is 11.3 Å². The van der Waals surface area contributed by atoms with Gasteiger partial charge in [-0.3, -0.25) is 0 Å². The van der Waals surface area contributed by atoms with Crippen LogP contribution in [-0.2, 0) is 0 Å². The van der Waals surface area contributed by atoms with Crippen molar-refractivity contribution in [1.29, 1.82) is 0 Å². The minimum absolute atomic E-state index is 0.598. The molecule has 5 heteroatoms. The molecular formula is C47H31N3OS. The number of benzene rings is 8. The Hall–Kier alpha value is -6.69. The minimum atomic E-state index is 0.598. The molecule has 4 nitrogen and oxygen atoms in total. The van der Waals surface area contributed by atoms with Gasteiger partial charge in [0.25, 0.3) is 0 Å². The third kappa shape index (κ3) is 5.10. The molecule has 246 valence electrons. The lowest BCUT2D eigenvalue weighted by Crippen LogP contribution is -2.11. The van der Waals surface area contributed by atoms with Crippen LogP contribution in [0.2, 0.25) is 0 Å². The van der Waals surface area contributed by atoms with E-state index in [0.717, 1.165) is 61.6 Å². The Morgan fingerprint density at radius 3 is 1.67 bits per heavy atom. The molecule has 0 aliphatic carbocycles. The van der Waals surface area contributed by atoms with Crippen molar-refractivity contribution in [3.63, 3.8) is 0 Å². The zero-order chi connectivity index (χ0) is 34.4. The summed E-state index contributed by atoms with van der Waals surface area (Å²) in [5, 5.41) is 4.62. The molecule has 0 aliphatic rings. The molecule has 0 saturated heterocycles. The van der Waals surface area contributed by atoms with Crippen molar-refractivity contribution in [2.45, 2.75) is 0 Å². The van der Waals surface area contributed by atoms with Gasteiger partial charge in [0.1, 0.15) is 5.52 Å². The Labute approximate surface area is 305 Å². The van der Waals surface area contributed by atoms with Gasteiger partial charge in [0.05, 0.1) is 16.1 Å². The van der Waals surface area contributed by atoms with Crippen LogP contribution in [0, 0.1) is 0 Å². The maximum Gasteiger partial charge on any atom is 0.227 e. The molecule has 2 aromatic heterocycles. The van der Waals surface area contributed by atoms with Crippen molar-refractivity contribution >= 4 is 87.5 Å². The standard InChI is InChI=1S/C47H31N3OS/c1-5-16-32(17-6-1)47-48-45-40-30-36(50(35-22-11-4-12-23-35)41-26-15-25-39-38-24-13-14-27-44(38)52-46(39)41)28-29-37(40)42(31-43(45)51-47)49(33-18-7-2-8-19-33)34-20-9-3-10-21-34/h1-31H. The molecule has 0 saturated carbocycles. The average molecular weight is 686 g/mol. The number of rotatable bonds is 7. The maximum atomic E-state index is 6.64. The molecule has 0 aliphatic heterocycles. The maximum absolute atomic E-state index is 6.64. The largest absolute Gasteiger partial charge is 0.436 e. The first-order valence-corrected chi connectivity index (χ1v) is 18.2. The first kappa shape index (κ1) is 30.2. The van der Waals surface area contributed by atoms with Crippen molar-refractivity contribution in [3.05, 3.63) is 188 Å². The fraction of sp³-hybridized carbons (Fsp3) is 0. The average Bonchev–Trinajstić information content (AvgIpc) is 3.83. The van der Waals surface area contributed by atoms with E-state index >= 15 is 0 Å². The predicted octanol–water partition coefficient (Wildman–Crippen LogP) is 14.0. The summed E-state index contributed by atoms with van der Waals surface area (Å²) in [5.41, 5.74) is 8.89. The van der Waals surface area contributed by atoms with Crippen LogP contribution in [0.15, 0.2) is 192 Å². The highest BCUT2D eigenvalue weighted by atomic mass is 32.1. The number of hydrogen-bond acceptors (Lipinski definition) is 5. The van der Waals surface area contributed by atoms with Gasteiger partial charge < -0.3 is 14.2 Å². The fourth-order valence-corrected chi connectivity index (χ4v) is 8.50. The van der Waals surface area contributed by atoms with Gasteiger partial charge in [-0.15, -0.1) is 11.3 Å². The molecule has 0 amide bonds. The topological polar surface area (TPSA) is 32.5 Å². The van der Waals surface area contributed by atoms with Gasteiger partial charge in [-0.1, -0.05) is 109 Å². The van der Waals surface area contributed by atoms with Gasteiger partial charge in [-0.05, 0) is 72.8 Å². The molecule has 0 fully saturated rings. The van der Waals surface area contributed by atoms with E-state index in [-0.39, 0.29) is 0 Å². The lowest BCUT2D eigenvalue weighted by molar-refractivity contribution is 0.620. The molecular weight excluding hydrogens is 655 g/mol. The zero-order valence-electron chi connectivity index (χ0n) is 28.1. The van der Waals surface area contributed by atoms with E-state index in [9.17, 15) is 0 Å². The fourth-order valence-electron chi connectivity index (χ4n) is 7.30. The van der Waals surface area contributed by atoms with Crippen molar-refractivity contribution in [2.75, 3.05) is 9.80 Å². The second-order valence-corrected chi connectivity index (χ2v) is 13.8. The van der Waals surface area contributed by atoms with E-state index in [4.69, 9.17) is 9.40 Å². The first-order valence-electron chi connectivity index (χ1n) is 17.4. The molecule has 8 aromatic carbocycles. The lowest BCUT2D eigenvalue weighted by Gasteiger charge is -2.28. The molecule has 0 atom stereocenters.